The van der Waals surface area contributed by atoms with Crippen molar-refractivity contribution in [1.82, 2.24) is 9.78 Å². The average Bonchev–Trinajstić information content (AvgIpc) is 2.64. The summed E-state index contributed by atoms with van der Waals surface area (Å²) >= 11 is 3.46. The Morgan fingerprint density at radius 3 is 2.63 bits per heavy atom. The van der Waals surface area contributed by atoms with Gasteiger partial charge in [-0.25, -0.2) is 0 Å². The number of hydrogen-bond donors (Lipinski definition) is 2. The van der Waals surface area contributed by atoms with Crippen LogP contribution in [0.1, 0.15) is 21.5 Å². The number of hydrogen-bond acceptors (Lipinski definition) is 3. The molecule has 0 aliphatic rings. The van der Waals surface area contributed by atoms with E-state index in [1.165, 1.54) is 10.9 Å². The van der Waals surface area contributed by atoms with E-state index in [9.17, 15) is 4.79 Å². The number of anilines is 2. The summed E-state index contributed by atoms with van der Waals surface area (Å²) in [6.07, 6.45) is 1.46. The first-order valence-electron chi connectivity index (χ1n) is 5.75. The van der Waals surface area contributed by atoms with E-state index in [0.717, 1.165) is 21.3 Å². The van der Waals surface area contributed by atoms with Crippen LogP contribution >= 0.6 is 15.9 Å². The van der Waals surface area contributed by atoms with Gasteiger partial charge in [0.2, 0.25) is 0 Å². The predicted octanol–water partition coefficient (Wildman–Crippen LogP) is 2.63. The summed E-state index contributed by atoms with van der Waals surface area (Å²) in [5.74, 6) is 0.0802. The van der Waals surface area contributed by atoms with Gasteiger partial charge in [0.25, 0.3) is 5.91 Å². The molecule has 1 aromatic heterocycles. The molecule has 19 heavy (non-hydrogen) atoms. The topological polar surface area (TPSA) is 72.9 Å². The number of rotatable bonds is 2. The Morgan fingerprint density at radius 1 is 1.42 bits per heavy atom. The van der Waals surface area contributed by atoms with Crippen LogP contribution in [0.4, 0.5) is 11.5 Å². The van der Waals surface area contributed by atoms with E-state index >= 15 is 0 Å². The van der Waals surface area contributed by atoms with Crippen molar-refractivity contribution < 1.29 is 4.79 Å². The maximum Gasteiger partial charge on any atom is 0.261 e. The van der Waals surface area contributed by atoms with Crippen molar-refractivity contribution in [3.63, 3.8) is 0 Å². The summed E-state index contributed by atoms with van der Waals surface area (Å²) in [4.78, 5) is 12.2. The SMILES string of the molecule is Cc1cc(C)c(NC(=O)c2cnn(C)c2N)c(Br)c1. The summed E-state index contributed by atoms with van der Waals surface area (Å²) in [6.45, 7) is 3.95. The van der Waals surface area contributed by atoms with Crippen LogP contribution in [0.5, 0.6) is 0 Å². The molecule has 0 bridgehead atoms. The van der Waals surface area contributed by atoms with E-state index in [2.05, 4.69) is 26.3 Å². The molecule has 0 unspecified atom stereocenters. The van der Waals surface area contributed by atoms with Gasteiger partial charge in [0.05, 0.1) is 11.9 Å². The number of nitrogens with one attached hydrogen (secondary N) is 1. The standard InChI is InChI=1S/C13H15BrN4O/c1-7-4-8(2)11(10(14)5-7)17-13(19)9-6-16-18(3)12(9)15/h4-6H,15H2,1-3H3,(H,17,19). The number of nitrogens with two attached hydrogens (primary N) is 1. The third kappa shape index (κ3) is 2.63. The first kappa shape index (κ1) is 13.6. The lowest BCUT2D eigenvalue weighted by molar-refractivity contribution is 0.102. The van der Waals surface area contributed by atoms with Gasteiger partial charge in [0.15, 0.2) is 0 Å². The second-order valence-corrected chi connectivity index (χ2v) is 5.31. The van der Waals surface area contributed by atoms with Crippen molar-refractivity contribution in [3.8, 4) is 0 Å². The number of carbonyl (C=O) groups excluding carboxylic acids is 1. The van der Waals surface area contributed by atoms with Crippen LogP contribution in [0.2, 0.25) is 0 Å². The molecule has 2 aromatic rings. The highest BCUT2D eigenvalue weighted by molar-refractivity contribution is 9.10. The summed E-state index contributed by atoms with van der Waals surface area (Å²) < 4.78 is 2.31. The van der Waals surface area contributed by atoms with Crippen LogP contribution in [0.3, 0.4) is 0 Å². The molecule has 6 heteroatoms. The molecule has 0 saturated carbocycles. The van der Waals surface area contributed by atoms with Crippen LogP contribution < -0.4 is 11.1 Å². The van der Waals surface area contributed by atoms with Gasteiger partial charge in [-0.05, 0) is 47.0 Å². The number of aromatic nitrogens is 2. The highest BCUT2D eigenvalue weighted by Crippen LogP contribution is 2.28. The Bertz CT molecular complexity index is 625. The van der Waals surface area contributed by atoms with Crippen LogP contribution in [-0.2, 0) is 7.05 Å². The maximum absolute atomic E-state index is 12.2. The first-order chi connectivity index (χ1) is 8.90. The minimum atomic E-state index is -0.266. The van der Waals surface area contributed by atoms with Crippen molar-refractivity contribution in [3.05, 3.63) is 39.5 Å². The Morgan fingerprint density at radius 2 is 2.11 bits per heavy atom. The summed E-state index contributed by atoms with van der Waals surface area (Å²) in [6, 6.07) is 3.96. The highest BCUT2D eigenvalue weighted by Gasteiger charge is 2.16. The molecule has 0 aliphatic carbocycles. The molecule has 3 N–H and O–H groups in total. The van der Waals surface area contributed by atoms with Crippen molar-refractivity contribution in [2.24, 2.45) is 7.05 Å². The first-order valence-corrected chi connectivity index (χ1v) is 6.55. The summed E-state index contributed by atoms with van der Waals surface area (Å²) in [7, 11) is 1.69. The fourth-order valence-corrected chi connectivity index (χ4v) is 2.65. The van der Waals surface area contributed by atoms with Gasteiger partial charge in [-0.15, -0.1) is 0 Å². The van der Waals surface area contributed by atoms with Gasteiger partial charge in [-0.1, -0.05) is 6.07 Å². The molecule has 0 fully saturated rings. The van der Waals surface area contributed by atoms with Crippen molar-refractivity contribution in [2.75, 3.05) is 11.1 Å². The normalized spacial score (nSPS) is 10.5. The average molecular weight is 323 g/mol. The molecule has 1 heterocycles. The lowest BCUT2D eigenvalue weighted by Gasteiger charge is -2.11. The summed E-state index contributed by atoms with van der Waals surface area (Å²) in [5.41, 5.74) is 9.02. The minimum Gasteiger partial charge on any atom is -0.383 e. The number of aryl methyl sites for hydroxylation is 3. The third-order valence-electron chi connectivity index (χ3n) is 2.90. The quantitative estimate of drug-likeness (QED) is 0.892. The smallest absolute Gasteiger partial charge is 0.261 e. The number of amides is 1. The fraction of sp³-hybridized carbons (Fsp3) is 0.231. The number of nitrogens with zero attached hydrogens (tertiary/aromatic N) is 2. The molecule has 100 valence electrons. The molecule has 0 atom stereocenters. The number of carbonyl (C=O) groups is 1. The van der Waals surface area contributed by atoms with Gasteiger partial charge in [0.1, 0.15) is 11.4 Å². The largest absolute Gasteiger partial charge is 0.383 e. The van der Waals surface area contributed by atoms with Gasteiger partial charge in [-0.3, -0.25) is 9.48 Å². The molecular weight excluding hydrogens is 308 g/mol. The monoisotopic (exact) mass is 322 g/mol. The Labute approximate surface area is 119 Å². The van der Waals surface area contributed by atoms with Crippen LogP contribution in [0, 0.1) is 13.8 Å². The van der Waals surface area contributed by atoms with Crippen molar-refractivity contribution in [1.29, 1.82) is 0 Å². The number of benzene rings is 1. The molecule has 5 nitrogen and oxygen atoms in total. The van der Waals surface area contributed by atoms with Gasteiger partial charge < -0.3 is 11.1 Å². The molecular formula is C13H15BrN4O. The second kappa shape index (κ2) is 5.05. The molecule has 0 spiro atoms. The van der Waals surface area contributed by atoms with Crippen molar-refractivity contribution in [2.45, 2.75) is 13.8 Å². The fourth-order valence-electron chi connectivity index (χ4n) is 1.88. The van der Waals surface area contributed by atoms with Crippen LogP contribution in [-0.4, -0.2) is 15.7 Å². The van der Waals surface area contributed by atoms with Crippen LogP contribution in [0.25, 0.3) is 0 Å². The Balaban J connectivity index is 2.32. The zero-order chi connectivity index (χ0) is 14.2. The molecule has 0 radical (unpaired) electrons. The minimum absolute atomic E-state index is 0.266. The molecule has 0 saturated heterocycles. The zero-order valence-corrected chi connectivity index (χ0v) is 12.6. The van der Waals surface area contributed by atoms with E-state index in [-0.39, 0.29) is 5.91 Å². The lowest BCUT2D eigenvalue weighted by Crippen LogP contribution is -2.15. The van der Waals surface area contributed by atoms with E-state index in [1.807, 2.05) is 26.0 Å². The van der Waals surface area contributed by atoms with Gasteiger partial charge >= 0.3 is 0 Å². The molecule has 0 aliphatic heterocycles. The predicted molar refractivity (Wildman–Crippen MR) is 79.2 cm³/mol. The van der Waals surface area contributed by atoms with Gasteiger partial charge in [-0.2, -0.15) is 5.10 Å². The second-order valence-electron chi connectivity index (χ2n) is 4.46. The maximum atomic E-state index is 12.2. The van der Waals surface area contributed by atoms with Gasteiger partial charge in [0, 0.05) is 11.5 Å². The molecule has 1 aromatic carbocycles. The van der Waals surface area contributed by atoms with E-state index in [4.69, 9.17) is 5.73 Å². The number of nitrogen functional groups attached to an aromatic ring is 1. The Kier molecular flexibility index (Phi) is 3.61. The molecule has 2 rings (SSSR count). The number of halogens is 1. The highest BCUT2D eigenvalue weighted by atomic mass is 79.9. The summed E-state index contributed by atoms with van der Waals surface area (Å²) in [5, 5.41) is 6.81. The molecule has 1 amide bonds. The van der Waals surface area contributed by atoms with Crippen LogP contribution in [0.15, 0.2) is 22.8 Å². The van der Waals surface area contributed by atoms with E-state index in [0.29, 0.717) is 11.4 Å². The van der Waals surface area contributed by atoms with Crippen molar-refractivity contribution >= 4 is 33.3 Å². The third-order valence-corrected chi connectivity index (χ3v) is 3.52. The van der Waals surface area contributed by atoms with E-state index < -0.39 is 0 Å². The lowest BCUT2D eigenvalue weighted by atomic mass is 10.1. The van der Waals surface area contributed by atoms with E-state index in [1.54, 1.807) is 7.05 Å². The Hall–Kier alpha value is -1.82. The zero-order valence-electron chi connectivity index (χ0n) is 11.0.